The Morgan fingerprint density at radius 3 is 1.39 bits per heavy atom. The predicted molar refractivity (Wildman–Crippen MR) is 67.9 cm³/mol. The number of carbonyl (C=O) groups is 2. The first-order valence-electron chi connectivity index (χ1n) is 4.79. The normalized spacial score (nSPS) is 10.6. The summed E-state index contributed by atoms with van der Waals surface area (Å²) in [4.78, 5) is 22.0. The van der Waals surface area contributed by atoms with E-state index in [-0.39, 0.29) is 21.2 Å². The van der Waals surface area contributed by atoms with Crippen LogP contribution in [0.25, 0.3) is 10.8 Å². The van der Waals surface area contributed by atoms with Gasteiger partial charge in [0.25, 0.3) is 0 Å². The van der Waals surface area contributed by atoms with Crippen molar-refractivity contribution < 1.29 is 19.8 Å². The van der Waals surface area contributed by atoms with Crippen LogP contribution in [0.2, 0.25) is 10.0 Å². The largest absolute Gasteiger partial charge is 0.478 e. The minimum absolute atomic E-state index is 0.281. The minimum atomic E-state index is -1.31. The van der Waals surface area contributed by atoms with Crippen molar-refractivity contribution in [1.29, 1.82) is 0 Å². The van der Waals surface area contributed by atoms with Crippen LogP contribution in [0.3, 0.4) is 0 Å². The van der Waals surface area contributed by atoms with Gasteiger partial charge in [0.15, 0.2) is 0 Å². The van der Waals surface area contributed by atoms with Crippen LogP contribution in [-0.4, -0.2) is 22.2 Å². The van der Waals surface area contributed by atoms with Crippen molar-refractivity contribution in [2.24, 2.45) is 0 Å². The fourth-order valence-electron chi connectivity index (χ4n) is 1.65. The van der Waals surface area contributed by atoms with Crippen molar-refractivity contribution in [3.05, 3.63) is 45.4 Å². The lowest BCUT2D eigenvalue weighted by molar-refractivity contribution is 0.0652. The van der Waals surface area contributed by atoms with Gasteiger partial charge in [-0.3, -0.25) is 0 Å². The molecule has 0 saturated carbocycles. The Bertz CT molecular complexity index is 621. The average Bonchev–Trinajstić information content (AvgIpc) is 2.28. The topological polar surface area (TPSA) is 74.6 Å². The Balaban J connectivity index is 2.84. The van der Waals surface area contributed by atoms with Crippen molar-refractivity contribution in [2.45, 2.75) is 0 Å². The van der Waals surface area contributed by atoms with E-state index < -0.39 is 11.9 Å². The zero-order valence-electron chi connectivity index (χ0n) is 8.78. The van der Waals surface area contributed by atoms with Gasteiger partial charge in [-0.25, -0.2) is 9.59 Å². The van der Waals surface area contributed by atoms with Gasteiger partial charge in [-0.1, -0.05) is 23.2 Å². The summed E-state index contributed by atoms with van der Waals surface area (Å²) in [5, 5.41) is 19.6. The van der Waals surface area contributed by atoms with Crippen molar-refractivity contribution in [3.63, 3.8) is 0 Å². The van der Waals surface area contributed by atoms with Crippen LogP contribution >= 0.6 is 23.2 Å². The highest BCUT2D eigenvalue weighted by Gasteiger charge is 2.17. The van der Waals surface area contributed by atoms with Crippen LogP contribution in [0.4, 0.5) is 0 Å². The van der Waals surface area contributed by atoms with Crippen molar-refractivity contribution in [2.75, 3.05) is 0 Å². The molecule has 0 amide bonds. The van der Waals surface area contributed by atoms with E-state index in [0.29, 0.717) is 10.8 Å². The third-order valence-electron chi connectivity index (χ3n) is 2.48. The molecule has 0 atom stereocenters. The number of carboxylic acid groups (broad SMARTS) is 2. The van der Waals surface area contributed by atoms with E-state index in [1.165, 1.54) is 24.3 Å². The Kier molecular flexibility index (Phi) is 3.15. The molecule has 0 spiro atoms. The molecule has 4 nitrogen and oxygen atoms in total. The lowest BCUT2D eigenvalue weighted by Crippen LogP contribution is -2.07. The smallest absolute Gasteiger partial charge is 0.336 e. The predicted octanol–water partition coefficient (Wildman–Crippen LogP) is 3.54. The molecule has 0 aliphatic heterocycles. The minimum Gasteiger partial charge on any atom is -0.478 e. The number of rotatable bonds is 2. The van der Waals surface area contributed by atoms with Gasteiger partial charge in [0.2, 0.25) is 0 Å². The molecule has 0 unspecified atom stereocenters. The van der Waals surface area contributed by atoms with E-state index in [1.54, 1.807) is 0 Å². The van der Waals surface area contributed by atoms with Gasteiger partial charge in [0.1, 0.15) is 0 Å². The third kappa shape index (κ3) is 2.12. The number of carboxylic acids is 2. The summed E-state index contributed by atoms with van der Waals surface area (Å²) < 4.78 is 0. The van der Waals surface area contributed by atoms with Gasteiger partial charge in [-0.05, 0) is 35.0 Å². The summed E-state index contributed by atoms with van der Waals surface area (Å²) in [5.41, 5.74) is -0.568. The highest BCUT2D eigenvalue weighted by atomic mass is 35.5. The Morgan fingerprint density at radius 2 is 1.11 bits per heavy atom. The van der Waals surface area contributed by atoms with Crippen LogP contribution in [0.1, 0.15) is 20.7 Å². The number of halogens is 2. The fraction of sp³-hybridized carbons (Fsp3) is 0. The molecule has 2 rings (SSSR count). The molecule has 18 heavy (non-hydrogen) atoms. The molecular weight excluding hydrogens is 279 g/mol. The van der Waals surface area contributed by atoms with E-state index in [2.05, 4.69) is 0 Å². The zero-order chi connectivity index (χ0) is 13.4. The summed E-state index contributed by atoms with van der Waals surface area (Å²) in [6, 6.07) is 5.53. The molecule has 92 valence electrons. The number of hydrogen-bond acceptors (Lipinski definition) is 2. The highest BCUT2D eigenvalue weighted by Crippen LogP contribution is 2.29. The summed E-state index contributed by atoms with van der Waals surface area (Å²) in [5.74, 6) is -2.61. The van der Waals surface area contributed by atoms with E-state index in [1.807, 2.05) is 0 Å². The maximum Gasteiger partial charge on any atom is 0.336 e. The molecule has 0 aliphatic rings. The van der Waals surface area contributed by atoms with Crippen LogP contribution < -0.4 is 0 Å². The van der Waals surface area contributed by atoms with E-state index in [0.717, 1.165) is 0 Å². The Labute approximate surface area is 111 Å². The molecule has 0 heterocycles. The van der Waals surface area contributed by atoms with Crippen molar-refractivity contribution >= 4 is 45.9 Å². The van der Waals surface area contributed by atoms with Gasteiger partial charge >= 0.3 is 11.9 Å². The molecule has 0 radical (unpaired) electrons. The van der Waals surface area contributed by atoms with Gasteiger partial charge in [0, 0.05) is 0 Å². The van der Waals surface area contributed by atoms with Crippen molar-refractivity contribution in [3.8, 4) is 0 Å². The van der Waals surface area contributed by atoms with Crippen LogP contribution in [0.5, 0.6) is 0 Å². The van der Waals surface area contributed by atoms with E-state index in [9.17, 15) is 9.59 Å². The molecule has 2 aromatic carbocycles. The quantitative estimate of drug-likeness (QED) is 0.884. The maximum atomic E-state index is 11.0. The summed E-state index contributed by atoms with van der Waals surface area (Å²) >= 11 is 11.7. The van der Waals surface area contributed by atoms with Gasteiger partial charge in [0.05, 0.1) is 21.2 Å². The second kappa shape index (κ2) is 4.48. The molecule has 0 aliphatic carbocycles. The zero-order valence-corrected chi connectivity index (χ0v) is 10.3. The highest BCUT2D eigenvalue weighted by molar-refractivity contribution is 6.42. The standard InChI is InChI=1S/C12H6Cl2O4/c13-9-3-5-1-7(11(15)16)8(12(17)18)2-6(5)4-10(9)14/h1-4H,(H,15,16)(H,17,18). The second-order valence-corrected chi connectivity index (χ2v) is 4.44. The number of benzene rings is 2. The number of fused-ring (bicyclic) bond motifs is 1. The monoisotopic (exact) mass is 284 g/mol. The Hall–Kier alpha value is -1.78. The summed E-state index contributed by atoms with van der Waals surface area (Å²) in [6.07, 6.45) is 0. The fourth-order valence-corrected chi connectivity index (χ4v) is 1.99. The molecular formula is C12H6Cl2O4. The summed E-state index contributed by atoms with van der Waals surface area (Å²) in [7, 11) is 0. The Morgan fingerprint density at radius 1 is 0.778 bits per heavy atom. The third-order valence-corrected chi connectivity index (χ3v) is 3.20. The van der Waals surface area contributed by atoms with Gasteiger partial charge in [-0.2, -0.15) is 0 Å². The van der Waals surface area contributed by atoms with E-state index in [4.69, 9.17) is 33.4 Å². The first-order valence-corrected chi connectivity index (χ1v) is 5.55. The van der Waals surface area contributed by atoms with Gasteiger partial charge < -0.3 is 10.2 Å². The molecule has 0 saturated heterocycles. The van der Waals surface area contributed by atoms with Crippen molar-refractivity contribution in [1.82, 2.24) is 0 Å². The lowest BCUT2D eigenvalue weighted by Gasteiger charge is -2.06. The SMILES string of the molecule is O=C(O)c1cc2cc(Cl)c(Cl)cc2cc1C(=O)O. The van der Waals surface area contributed by atoms with Gasteiger partial charge in [-0.15, -0.1) is 0 Å². The first-order chi connectivity index (χ1) is 8.40. The summed E-state index contributed by atoms with van der Waals surface area (Å²) in [6.45, 7) is 0. The maximum absolute atomic E-state index is 11.0. The molecule has 6 heteroatoms. The molecule has 2 N–H and O–H groups in total. The molecule has 0 aromatic heterocycles. The number of aromatic carboxylic acids is 2. The molecule has 0 bridgehead atoms. The van der Waals surface area contributed by atoms with E-state index >= 15 is 0 Å². The molecule has 0 fully saturated rings. The lowest BCUT2D eigenvalue weighted by atomic mass is 10.0. The first kappa shape index (κ1) is 12.7. The average molecular weight is 285 g/mol. The number of hydrogen-bond donors (Lipinski definition) is 2. The molecule has 2 aromatic rings. The van der Waals surface area contributed by atoms with Crippen LogP contribution in [-0.2, 0) is 0 Å². The second-order valence-electron chi connectivity index (χ2n) is 3.62. The van der Waals surface area contributed by atoms with Crippen LogP contribution in [0.15, 0.2) is 24.3 Å². The van der Waals surface area contributed by atoms with Crippen LogP contribution in [0, 0.1) is 0 Å².